The lowest BCUT2D eigenvalue weighted by Gasteiger charge is -2.26. The molecule has 0 aliphatic carbocycles. The van der Waals surface area contributed by atoms with E-state index in [9.17, 15) is 0 Å². The van der Waals surface area contributed by atoms with E-state index >= 15 is 0 Å². The number of para-hydroxylation sites is 3. The van der Waals surface area contributed by atoms with Crippen molar-refractivity contribution in [1.82, 2.24) is 4.57 Å². The van der Waals surface area contributed by atoms with Gasteiger partial charge in [0, 0.05) is 33.5 Å². The first-order valence-corrected chi connectivity index (χ1v) is 11.0. The van der Waals surface area contributed by atoms with Gasteiger partial charge < -0.3 is 9.47 Å². The quantitative estimate of drug-likeness (QED) is 0.262. The lowest BCUT2D eigenvalue weighted by molar-refractivity contribution is 1.17. The Labute approximate surface area is 189 Å². The third-order valence-electron chi connectivity index (χ3n) is 5.83. The Bertz CT molecular complexity index is 1420. The van der Waals surface area contributed by atoms with E-state index in [4.69, 9.17) is 0 Å². The van der Waals surface area contributed by atoms with E-state index in [0.717, 1.165) is 17.1 Å². The molecule has 0 atom stereocenters. The molecular weight excluding hydrogens is 388 g/mol. The van der Waals surface area contributed by atoms with E-state index in [1.165, 1.54) is 27.5 Å². The normalized spacial score (nSPS) is 12.1. The lowest BCUT2D eigenvalue weighted by Crippen LogP contribution is -2.14. The van der Waals surface area contributed by atoms with Gasteiger partial charge in [0.25, 0.3) is 0 Å². The Kier molecular flexibility index (Phi) is 5.35. The summed E-state index contributed by atoms with van der Waals surface area (Å²) in [5, 5.41) is 2.51. The highest BCUT2D eigenvalue weighted by molar-refractivity contribution is 6.10. The molecule has 2 heteroatoms. The van der Waals surface area contributed by atoms with Crippen molar-refractivity contribution in [3.05, 3.63) is 127 Å². The zero-order valence-corrected chi connectivity index (χ0v) is 18.4. The summed E-state index contributed by atoms with van der Waals surface area (Å²) < 4.78 is 2.35. The average Bonchev–Trinajstić information content (AvgIpc) is 3.19. The molecule has 0 amide bonds. The molecule has 2 nitrogen and oxygen atoms in total. The minimum Gasteiger partial charge on any atom is -0.311 e. The number of rotatable bonds is 5. The number of fused-ring (bicyclic) bond motifs is 3. The van der Waals surface area contributed by atoms with Crippen molar-refractivity contribution in [2.75, 3.05) is 4.90 Å². The molecule has 0 saturated heterocycles. The second-order valence-corrected chi connectivity index (χ2v) is 7.77. The molecule has 1 heterocycles. The maximum absolute atomic E-state index is 2.35. The molecule has 0 aliphatic heterocycles. The number of aromatic nitrogens is 1. The van der Waals surface area contributed by atoms with Gasteiger partial charge in [-0.3, -0.25) is 0 Å². The molecule has 0 spiro atoms. The Balaban J connectivity index is 1.78. The lowest BCUT2D eigenvalue weighted by atomic mass is 10.1. The minimum absolute atomic E-state index is 1.14. The predicted molar refractivity (Wildman–Crippen MR) is 138 cm³/mol. The first kappa shape index (κ1) is 19.9. The van der Waals surface area contributed by atoms with Gasteiger partial charge in [0.1, 0.15) is 0 Å². The topological polar surface area (TPSA) is 8.17 Å². The van der Waals surface area contributed by atoms with Crippen molar-refractivity contribution >= 4 is 33.2 Å². The summed E-state index contributed by atoms with van der Waals surface area (Å²) in [4.78, 5) is 2.31. The molecule has 32 heavy (non-hydrogen) atoms. The second-order valence-electron chi connectivity index (χ2n) is 7.77. The van der Waals surface area contributed by atoms with Gasteiger partial charge in [-0.2, -0.15) is 0 Å². The molecule has 0 saturated carbocycles. The van der Waals surface area contributed by atoms with Crippen LogP contribution in [0.4, 0.5) is 11.4 Å². The number of benzene rings is 4. The summed E-state index contributed by atoms with van der Waals surface area (Å²) in [5.74, 6) is 0. The summed E-state index contributed by atoms with van der Waals surface area (Å²) in [5.41, 5.74) is 7.04. The van der Waals surface area contributed by atoms with Crippen LogP contribution in [-0.4, -0.2) is 4.57 Å². The largest absolute Gasteiger partial charge is 0.311 e. The number of nitrogens with zero attached hydrogens (tertiary/aromatic N) is 2. The van der Waals surface area contributed by atoms with E-state index in [2.05, 4.69) is 145 Å². The fourth-order valence-electron chi connectivity index (χ4n) is 4.45. The standard InChI is InChI=1S/C30H26N2/c1-3-13-23(4-2)31(24-14-7-5-8-15-24)26-20-21-30-28(22-26)27-18-11-12-19-29(27)32(30)25-16-9-6-10-17-25/h3-22H,1-2H3/b13-3-,23-4+. The van der Waals surface area contributed by atoms with Crippen LogP contribution in [0.15, 0.2) is 127 Å². The van der Waals surface area contributed by atoms with E-state index in [1.807, 2.05) is 0 Å². The predicted octanol–water partition coefficient (Wildman–Crippen LogP) is 8.40. The Morgan fingerprint density at radius 1 is 0.656 bits per heavy atom. The zero-order valence-electron chi connectivity index (χ0n) is 18.4. The molecule has 5 rings (SSSR count). The van der Waals surface area contributed by atoms with E-state index in [1.54, 1.807) is 0 Å². The molecule has 0 radical (unpaired) electrons. The van der Waals surface area contributed by atoms with Crippen molar-refractivity contribution in [2.24, 2.45) is 0 Å². The third-order valence-corrected chi connectivity index (χ3v) is 5.83. The highest BCUT2D eigenvalue weighted by Crippen LogP contribution is 2.37. The van der Waals surface area contributed by atoms with Gasteiger partial charge in [0.2, 0.25) is 0 Å². The molecule has 0 aliphatic rings. The van der Waals surface area contributed by atoms with Crippen LogP contribution in [0.3, 0.4) is 0 Å². The summed E-state index contributed by atoms with van der Waals surface area (Å²) >= 11 is 0. The number of anilines is 2. The second kappa shape index (κ2) is 8.60. The molecular formula is C30H26N2. The van der Waals surface area contributed by atoms with Crippen LogP contribution >= 0.6 is 0 Å². The van der Waals surface area contributed by atoms with Gasteiger partial charge in [0.15, 0.2) is 0 Å². The van der Waals surface area contributed by atoms with Crippen molar-refractivity contribution in [3.63, 3.8) is 0 Å². The van der Waals surface area contributed by atoms with Crippen LogP contribution in [0.25, 0.3) is 27.5 Å². The van der Waals surface area contributed by atoms with Crippen molar-refractivity contribution in [1.29, 1.82) is 0 Å². The molecule has 4 aromatic carbocycles. The van der Waals surface area contributed by atoms with E-state index < -0.39 is 0 Å². The Hall–Kier alpha value is -4.04. The molecule has 0 N–H and O–H groups in total. The number of hydrogen-bond donors (Lipinski definition) is 0. The fourth-order valence-corrected chi connectivity index (χ4v) is 4.45. The zero-order chi connectivity index (χ0) is 21.9. The summed E-state index contributed by atoms with van der Waals surface area (Å²) in [6, 6.07) is 36.6. The van der Waals surface area contributed by atoms with Gasteiger partial charge in [0.05, 0.1) is 11.0 Å². The monoisotopic (exact) mass is 414 g/mol. The van der Waals surface area contributed by atoms with Gasteiger partial charge >= 0.3 is 0 Å². The van der Waals surface area contributed by atoms with Crippen molar-refractivity contribution in [2.45, 2.75) is 13.8 Å². The van der Waals surface area contributed by atoms with Crippen molar-refractivity contribution < 1.29 is 0 Å². The molecule has 0 fully saturated rings. The molecule has 0 bridgehead atoms. The smallest absolute Gasteiger partial charge is 0.0542 e. The number of allylic oxidation sites excluding steroid dienone is 3. The maximum atomic E-state index is 2.35. The average molecular weight is 415 g/mol. The maximum Gasteiger partial charge on any atom is 0.0542 e. The minimum atomic E-state index is 1.14. The van der Waals surface area contributed by atoms with Crippen LogP contribution in [0.1, 0.15) is 13.8 Å². The summed E-state index contributed by atoms with van der Waals surface area (Å²) in [7, 11) is 0. The van der Waals surface area contributed by atoms with Crippen LogP contribution < -0.4 is 4.90 Å². The summed E-state index contributed by atoms with van der Waals surface area (Å²) in [6.45, 7) is 4.15. The third kappa shape index (κ3) is 3.40. The van der Waals surface area contributed by atoms with Crippen LogP contribution in [0, 0.1) is 0 Å². The van der Waals surface area contributed by atoms with Crippen LogP contribution in [0.5, 0.6) is 0 Å². The highest BCUT2D eigenvalue weighted by Gasteiger charge is 2.16. The molecule has 0 unspecified atom stereocenters. The highest BCUT2D eigenvalue weighted by atomic mass is 15.1. The van der Waals surface area contributed by atoms with Gasteiger partial charge in [-0.15, -0.1) is 0 Å². The molecule has 1 aromatic heterocycles. The van der Waals surface area contributed by atoms with E-state index in [0.29, 0.717) is 0 Å². The fraction of sp³-hybridized carbons (Fsp3) is 0.0667. The van der Waals surface area contributed by atoms with Gasteiger partial charge in [-0.25, -0.2) is 0 Å². The molecule has 156 valence electrons. The van der Waals surface area contributed by atoms with Gasteiger partial charge in [-0.1, -0.05) is 66.7 Å². The summed E-state index contributed by atoms with van der Waals surface area (Å²) in [6.07, 6.45) is 6.40. The van der Waals surface area contributed by atoms with Crippen molar-refractivity contribution in [3.8, 4) is 5.69 Å². The number of hydrogen-bond acceptors (Lipinski definition) is 1. The Morgan fingerprint density at radius 3 is 2.03 bits per heavy atom. The first-order valence-electron chi connectivity index (χ1n) is 11.0. The SMILES string of the molecule is C/C=C\C(=C/C)N(c1ccccc1)c1ccc2c(c1)c1ccccc1n2-c1ccccc1. The van der Waals surface area contributed by atoms with Crippen LogP contribution in [-0.2, 0) is 0 Å². The van der Waals surface area contributed by atoms with Crippen LogP contribution in [0.2, 0.25) is 0 Å². The van der Waals surface area contributed by atoms with E-state index in [-0.39, 0.29) is 0 Å². The molecule has 5 aromatic rings. The first-order chi connectivity index (χ1) is 15.8. The Morgan fingerprint density at radius 2 is 1.31 bits per heavy atom. The van der Waals surface area contributed by atoms with Gasteiger partial charge in [-0.05, 0) is 68.5 Å².